The molecule has 0 bridgehead atoms. The Morgan fingerprint density at radius 1 is 1.26 bits per heavy atom. The maximum absolute atomic E-state index is 13.4. The van der Waals surface area contributed by atoms with Crippen molar-refractivity contribution < 1.29 is 14.0 Å². The molecular formula is C20H21ClFN7O2. The molecular weight excluding hydrogens is 425 g/mol. The number of carbonyl (C=O) groups is 2. The fourth-order valence-electron chi connectivity index (χ4n) is 3.46. The van der Waals surface area contributed by atoms with E-state index in [2.05, 4.69) is 25.7 Å². The van der Waals surface area contributed by atoms with Gasteiger partial charge in [0, 0.05) is 32.2 Å². The van der Waals surface area contributed by atoms with Crippen LogP contribution in [0, 0.1) is 18.7 Å². The topological polar surface area (TPSA) is 105 Å². The minimum absolute atomic E-state index is 0.0392. The predicted octanol–water partition coefficient (Wildman–Crippen LogP) is 1.71. The molecule has 1 fully saturated rings. The van der Waals surface area contributed by atoms with E-state index in [4.69, 9.17) is 11.8 Å². The van der Waals surface area contributed by atoms with Crippen molar-refractivity contribution in [2.24, 2.45) is 5.92 Å². The molecule has 3 aromatic rings. The average Bonchev–Trinajstić information content (AvgIpc) is 3.40. The minimum atomic E-state index is -0.477. The van der Waals surface area contributed by atoms with Crippen LogP contribution in [-0.4, -0.2) is 55.4 Å². The summed E-state index contributed by atoms with van der Waals surface area (Å²) < 4.78 is 16.4. The van der Waals surface area contributed by atoms with Crippen molar-refractivity contribution in [3.8, 4) is 0 Å². The van der Waals surface area contributed by atoms with Gasteiger partial charge in [-0.2, -0.15) is 14.6 Å². The Bertz CT molecular complexity index is 1140. The van der Waals surface area contributed by atoms with Gasteiger partial charge in [0.05, 0.1) is 0 Å². The van der Waals surface area contributed by atoms with E-state index in [1.54, 1.807) is 23.5 Å². The number of amides is 2. The first-order chi connectivity index (χ1) is 14.9. The molecule has 162 valence electrons. The van der Waals surface area contributed by atoms with Crippen molar-refractivity contribution in [1.82, 2.24) is 34.6 Å². The molecule has 2 aromatic heterocycles. The highest BCUT2D eigenvalue weighted by atomic mass is 35.5. The molecule has 3 heterocycles. The number of carbonyl (C=O) groups excluding carboxylic acids is 2. The Balaban J connectivity index is 1.48. The zero-order chi connectivity index (χ0) is 22.0. The summed E-state index contributed by atoms with van der Waals surface area (Å²) >= 11 is 5.98. The number of halogens is 2. The highest BCUT2D eigenvalue weighted by molar-refractivity contribution is 6.13. The van der Waals surface area contributed by atoms with Crippen molar-refractivity contribution in [3.05, 3.63) is 58.9 Å². The normalized spacial score (nSPS) is 16.5. The quantitative estimate of drug-likeness (QED) is 0.560. The van der Waals surface area contributed by atoms with Gasteiger partial charge in [-0.15, -0.1) is 0 Å². The van der Waals surface area contributed by atoms with Gasteiger partial charge in [-0.1, -0.05) is 12.1 Å². The van der Waals surface area contributed by atoms with Gasteiger partial charge in [0.2, 0.25) is 0 Å². The van der Waals surface area contributed by atoms with E-state index in [1.807, 2.05) is 0 Å². The van der Waals surface area contributed by atoms with Crippen LogP contribution in [0.25, 0.3) is 5.78 Å². The van der Waals surface area contributed by atoms with Gasteiger partial charge in [0.15, 0.2) is 0 Å². The second kappa shape index (κ2) is 8.94. The van der Waals surface area contributed by atoms with Crippen LogP contribution >= 0.6 is 11.8 Å². The molecule has 1 atom stereocenters. The first-order valence-corrected chi connectivity index (χ1v) is 10.2. The number of hydrogen-bond donors (Lipinski definition) is 2. The zero-order valence-corrected chi connectivity index (χ0v) is 17.6. The summed E-state index contributed by atoms with van der Waals surface area (Å²) in [5.41, 5.74) is 1.44. The smallest absolute Gasteiger partial charge is 0.270 e. The van der Waals surface area contributed by atoms with Gasteiger partial charge in [0.1, 0.15) is 23.5 Å². The number of nitrogens with one attached hydrogen (secondary N) is 2. The van der Waals surface area contributed by atoms with Crippen molar-refractivity contribution in [1.29, 1.82) is 0 Å². The molecule has 0 spiro atoms. The number of aryl methyl sites for hydroxylation is 1. The van der Waals surface area contributed by atoms with Crippen LogP contribution in [0.2, 0.25) is 0 Å². The molecule has 1 aliphatic heterocycles. The Morgan fingerprint density at radius 2 is 2.10 bits per heavy atom. The minimum Gasteiger partial charge on any atom is -0.350 e. The van der Waals surface area contributed by atoms with E-state index in [9.17, 15) is 14.0 Å². The maximum atomic E-state index is 13.4. The zero-order valence-electron chi connectivity index (χ0n) is 16.8. The number of benzene rings is 1. The lowest BCUT2D eigenvalue weighted by Crippen LogP contribution is -2.32. The first-order valence-electron chi connectivity index (χ1n) is 9.83. The standard InChI is InChI=1S/C20H21ClFN7O2/c1-12-6-13(2-3-15(12)22)8-23-18(30)16-7-17(29-20(27-16)25-11-26-29)19(31)24-9-14-4-5-28(21)10-14/h2-3,6-7,11,14H,4-5,8-10H2,1H3,(H,23,30)(H,24,31)/t14-/m1/s1. The van der Waals surface area contributed by atoms with Crippen LogP contribution in [0.4, 0.5) is 4.39 Å². The predicted molar refractivity (Wildman–Crippen MR) is 111 cm³/mol. The van der Waals surface area contributed by atoms with E-state index in [1.165, 1.54) is 23.0 Å². The Kier molecular flexibility index (Phi) is 6.10. The van der Waals surface area contributed by atoms with E-state index >= 15 is 0 Å². The number of rotatable bonds is 6. The van der Waals surface area contributed by atoms with Gasteiger partial charge in [0.25, 0.3) is 17.6 Å². The molecule has 4 rings (SSSR count). The van der Waals surface area contributed by atoms with E-state index in [0.29, 0.717) is 18.7 Å². The first kappa shape index (κ1) is 21.1. The van der Waals surface area contributed by atoms with Crippen molar-refractivity contribution >= 4 is 29.4 Å². The molecule has 1 aromatic carbocycles. The Hall–Kier alpha value is -3.11. The highest BCUT2D eigenvalue weighted by Crippen LogP contribution is 2.17. The fraction of sp³-hybridized carbons (Fsp3) is 0.350. The summed E-state index contributed by atoms with van der Waals surface area (Å²) in [6.45, 7) is 3.79. The number of nitrogens with zero attached hydrogens (tertiary/aromatic N) is 5. The van der Waals surface area contributed by atoms with Crippen LogP contribution < -0.4 is 10.6 Å². The van der Waals surface area contributed by atoms with Gasteiger partial charge in [-0.05, 0) is 48.2 Å². The SMILES string of the molecule is Cc1cc(CNC(=O)c2cc(C(=O)NC[C@H]3CCN(Cl)C3)n3ncnc3n2)ccc1F. The Labute approximate surface area is 182 Å². The van der Waals surface area contributed by atoms with E-state index < -0.39 is 5.91 Å². The summed E-state index contributed by atoms with van der Waals surface area (Å²) in [5.74, 6) is -0.759. The lowest BCUT2D eigenvalue weighted by atomic mass is 10.1. The lowest BCUT2D eigenvalue weighted by Gasteiger charge is -2.12. The van der Waals surface area contributed by atoms with Gasteiger partial charge in [-0.25, -0.2) is 13.8 Å². The second-order valence-corrected chi connectivity index (χ2v) is 7.98. The summed E-state index contributed by atoms with van der Waals surface area (Å²) in [7, 11) is 0. The highest BCUT2D eigenvalue weighted by Gasteiger charge is 2.23. The average molecular weight is 446 g/mol. The summed E-state index contributed by atoms with van der Waals surface area (Å²) in [6.07, 6.45) is 2.17. The van der Waals surface area contributed by atoms with Gasteiger partial charge < -0.3 is 10.6 Å². The maximum Gasteiger partial charge on any atom is 0.270 e. The molecule has 9 nitrogen and oxygen atoms in total. The number of hydrogen-bond acceptors (Lipinski definition) is 6. The molecule has 2 amide bonds. The third-order valence-electron chi connectivity index (χ3n) is 5.18. The summed E-state index contributed by atoms with van der Waals surface area (Å²) in [5, 5.41) is 9.63. The third-order valence-corrected chi connectivity index (χ3v) is 5.49. The van der Waals surface area contributed by atoms with E-state index in [-0.39, 0.29) is 41.4 Å². The molecule has 1 aliphatic rings. The summed E-state index contributed by atoms with van der Waals surface area (Å²) in [6, 6.07) is 5.99. The molecule has 1 saturated heterocycles. The number of aromatic nitrogens is 4. The lowest BCUT2D eigenvalue weighted by molar-refractivity contribution is 0.0940. The van der Waals surface area contributed by atoms with Crippen LogP contribution in [0.3, 0.4) is 0 Å². The second-order valence-electron chi connectivity index (χ2n) is 7.50. The number of fused-ring (bicyclic) bond motifs is 1. The van der Waals surface area contributed by atoms with Crippen LogP contribution in [0.1, 0.15) is 38.5 Å². The van der Waals surface area contributed by atoms with Crippen LogP contribution in [0.15, 0.2) is 30.6 Å². The molecule has 0 saturated carbocycles. The fourth-order valence-corrected chi connectivity index (χ4v) is 3.75. The molecule has 0 aliphatic carbocycles. The molecule has 11 heteroatoms. The van der Waals surface area contributed by atoms with Gasteiger partial charge >= 0.3 is 0 Å². The summed E-state index contributed by atoms with van der Waals surface area (Å²) in [4.78, 5) is 33.6. The molecule has 31 heavy (non-hydrogen) atoms. The van der Waals surface area contributed by atoms with Crippen molar-refractivity contribution in [2.75, 3.05) is 19.6 Å². The van der Waals surface area contributed by atoms with Crippen LogP contribution in [0.5, 0.6) is 0 Å². The third kappa shape index (κ3) is 4.80. The monoisotopic (exact) mass is 445 g/mol. The largest absolute Gasteiger partial charge is 0.350 e. The van der Waals surface area contributed by atoms with Crippen LogP contribution in [-0.2, 0) is 6.54 Å². The molecule has 2 N–H and O–H groups in total. The van der Waals surface area contributed by atoms with Gasteiger partial charge in [-0.3, -0.25) is 9.59 Å². The Morgan fingerprint density at radius 3 is 2.84 bits per heavy atom. The van der Waals surface area contributed by atoms with E-state index in [0.717, 1.165) is 18.5 Å². The van der Waals surface area contributed by atoms with Crippen molar-refractivity contribution in [3.63, 3.8) is 0 Å². The van der Waals surface area contributed by atoms with Crippen molar-refractivity contribution in [2.45, 2.75) is 19.9 Å². The molecule has 0 unspecified atom stereocenters. The molecule has 0 radical (unpaired) electrons.